The lowest BCUT2D eigenvalue weighted by Crippen LogP contribution is -2.48. The van der Waals surface area contributed by atoms with Crippen molar-refractivity contribution in [2.75, 3.05) is 24.2 Å². The summed E-state index contributed by atoms with van der Waals surface area (Å²) in [7, 11) is 0. The van der Waals surface area contributed by atoms with Gasteiger partial charge in [0.05, 0.1) is 11.7 Å². The number of nitrogens with two attached hydrogens (primary N) is 1. The van der Waals surface area contributed by atoms with E-state index in [1.807, 2.05) is 43.0 Å². The zero-order valence-corrected chi connectivity index (χ0v) is 14.0. The maximum absolute atomic E-state index is 12.4. The zero-order chi connectivity index (χ0) is 15.4. The molecule has 1 fully saturated rings. The Balaban J connectivity index is 2.05. The quantitative estimate of drug-likeness (QED) is 0.831. The summed E-state index contributed by atoms with van der Waals surface area (Å²) in [5.41, 5.74) is 7.08. The molecular weight excluding hydrogens is 302 g/mol. The fourth-order valence-corrected chi connectivity index (χ4v) is 3.62. The van der Waals surface area contributed by atoms with E-state index in [4.69, 9.17) is 18.0 Å². The van der Waals surface area contributed by atoms with Crippen molar-refractivity contribution in [2.45, 2.75) is 25.1 Å². The SMILES string of the molecule is CC1CN(C(C)C(=O)Nc2ccccc2C(N)=S)CCS1. The molecule has 1 aromatic rings. The molecule has 1 heterocycles. The van der Waals surface area contributed by atoms with Gasteiger partial charge in [-0.25, -0.2) is 0 Å². The molecule has 0 bridgehead atoms. The fourth-order valence-electron chi connectivity index (χ4n) is 2.41. The number of carbonyl (C=O) groups is 1. The molecule has 6 heteroatoms. The molecule has 0 radical (unpaired) electrons. The molecule has 1 aliphatic rings. The molecule has 0 saturated carbocycles. The number of amides is 1. The minimum atomic E-state index is -0.159. The van der Waals surface area contributed by atoms with E-state index >= 15 is 0 Å². The van der Waals surface area contributed by atoms with Crippen molar-refractivity contribution in [3.05, 3.63) is 29.8 Å². The molecule has 2 rings (SSSR count). The zero-order valence-electron chi connectivity index (χ0n) is 12.3. The van der Waals surface area contributed by atoms with Crippen LogP contribution in [0, 0.1) is 0 Å². The van der Waals surface area contributed by atoms with E-state index in [-0.39, 0.29) is 11.9 Å². The molecule has 0 aromatic heterocycles. The molecule has 114 valence electrons. The maximum Gasteiger partial charge on any atom is 0.241 e. The van der Waals surface area contributed by atoms with Crippen LogP contribution in [0.15, 0.2) is 24.3 Å². The largest absolute Gasteiger partial charge is 0.389 e. The topological polar surface area (TPSA) is 58.4 Å². The summed E-state index contributed by atoms with van der Waals surface area (Å²) >= 11 is 6.98. The molecule has 0 aliphatic carbocycles. The molecule has 1 amide bonds. The summed E-state index contributed by atoms with van der Waals surface area (Å²) in [6, 6.07) is 7.21. The maximum atomic E-state index is 12.4. The van der Waals surface area contributed by atoms with Crippen LogP contribution in [-0.4, -0.2) is 45.9 Å². The summed E-state index contributed by atoms with van der Waals surface area (Å²) in [6.07, 6.45) is 0. The minimum absolute atomic E-state index is 0.0159. The van der Waals surface area contributed by atoms with Crippen molar-refractivity contribution in [1.29, 1.82) is 0 Å². The van der Waals surface area contributed by atoms with E-state index in [1.54, 1.807) is 0 Å². The fraction of sp³-hybridized carbons (Fsp3) is 0.467. The molecule has 3 N–H and O–H groups in total. The van der Waals surface area contributed by atoms with E-state index in [0.717, 1.165) is 18.8 Å². The lowest BCUT2D eigenvalue weighted by atomic mass is 10.1. The second-order valence-corrected chi connectivity index (χ2v) is 7.24. The Hall–Kier alpha value is -1.11. The first-order valence-corrected chi connectivity index (χ1v) is 8.50. The highest BCUT2D eigenvalue weighted by Crippen LogP contribution is 2.21. The molecule has 1 saturated heterocycles. The van der Waals surface area contributed by atoms with Crippen molar-refractivity contribution in [3.63, 3.8) is 0 Å². The number of benzene rings is 1. The van der Waals surface area contributed by atoms with E-state index in [0.29, 0.717) is 21.5 Å². The summed E-state index contributed by atoms with van der Waals surface area (Å²) in [5.74, 6) is 1.06. The van der Waals surface area contributed by atoms with E-state index < -0.39 is 0 Å². The van der Waals surface area contributed by atoms with E-state index in [2.05, 4.69) is 17.1 Å². The highest BCUT2D eigenvalue weighted by atomic mass is 32.2. The lowest BCUT2D eigenvalue weighted by Gasteiger charge is -2.34. The summed E-state index contributed by atoms with van der Waals surface area (Å²) < 4.78 is 0. The Morgan fingerprint density at radius 3 is 2.90 bits per heavy atom. The molecule has 4 nitrogen and oxygen atoms in total. The molecule has 0 spiro atoms. The first kappa shape index (κ1) is 16.3. The monoisotopic (exact) mass is 323 g/mol. The first-order chi connectivity index (χ1) is 9.99. The van der Waals surface area contributed by atoms with E-state index in [9.17, 15) is 4.79 Å². The van der Waals surface area contributed by atoms with Gasteiger partial charge in [0.25, 0.3) is 0 Å². The van der Waals surface area contributed by atoms with Gasteiger partial charge in [-0.05, 0) is 19.1 Å². The van der Waals surface area contributed by atoms with Crippen LogP contribution >= 0.6 is 24.0 Å². The molecule has 2 unspecified atom stereocenters. The van der Waals surface area contributed by atoms with Crippen LogP contribution in [-0.2, 0) is 4.79 Å². The number of rotatable bonds is 4. The van der Waals surface area contributed by atoms with Crippen LogP contribution in [0.5, 0.6) is 0 Å². The number of carbonyl (C=O) groups excluding carboxylic acids is 1. The van der Waals surface area contributed by atoms with Crippen molar-refractivity contribution in [2.24, 2.45) is 5.73 Å². The van der Waals surface area contributed by atoms with Gasteiger partial charge < -0.3 is 11.1 Å². The third kappa shape index (κ3) is 4.18. The van der Waals surface area contributed by atoms with Gasteiger partial charge in [-0.15, -0.1) is 0 Å². The summed E-state index contributed by atoms with van der Waals surface area (Å²) in [4.78, 5) is 15.0. The third-order valence-corrected chi connectivity index (χ3v) is 5.01. The van der Waals surface area contributed by atoms with Gasteiger partial charge in [0.15, 0.2) is 0 Å². The molecule has 2 atom stereocenters. The van der Waals surface area contributed by atoms with Crippen LogP contribution in [0.4, 0.5) is 5.69 Å². The Morgan fingerprint density at radius 2 is 2.24 bits per heavy atom. The number of thiocarbonyl (C=S) groups is 1. The number of nitrogens with one attached hydrogen (secondary N) is 1. The second-order valence-electron chi connectivity index (χ2n) is 5.25. The van der Waals surface area contributed by atoms with Gasteiger partial charge in [0.2, 0.25) is 5.91 Å². The predicted molar refractivity (Wildman–Crippen MR) is 93.9 cm³/mol. The number of thioether (sulfide) groups is 1. The van der Waals surface area contributed by atoms with Gasteiger partial charge >= 0.3 is 0 Å². The van der Waals surface area contributed by atoms with Gasteiger partial charge in [-0.3, -0.25) is 9.69 Å². The van der Waals surface area contributed by atoms with Gasteiger partial charge in [-0.2, -0.15) is 11.8 Å². The first-order valence-electron chi connectivity index (χ1n) is 7.04. The average Bonchev–Trinajstić information content (AvgIpc) is 2.46. The Morgan fingerprint density at radius 1 is 1.52 bits per heavy atom. The highest BCUT2D eigenvalue weighted by molar-refractivity contribution is 7.99. The lowest BCUT2D eigenvalue weighted by molar-refractivity contribution is -0.120. The molecule has 1 aliphatic heterocycles. The van der Waals surface area contributed by atoms with Crippen LogP contribution in [0.25, 0.3) is 0 Å². The van der Waals surface area contributed by atoms with Crippen LogP contribution < -0.4 is 11.1 Å². The molecule has 21 heavy (non-hydrogen) atoms. The summed E-state index contributed by atoms with van der Waals surface area (Å²) in [5, 5.41) is 3.52. The highest BCUT2D eigenvalue weighted by Gasteiger charge is 2.26. The number of nitrogens with zero attached hydrogens (tertiary/aromatic N) is 1. The third-order valence-electron chi connectivity index (χ3n) is 3.65. The molecular formula is C15H21N3OS2. The number of para-hydroxylation sites is 1. The van der Waals surface area contributed by atoms with Crippen molar-refractivity contribution in [3.8, 4) is 0 Å². The summed E-state index contributed by atoms with van der Waals surface area (Å²) in [6.45, 7) is 6.03. The van der Waals surface area contributed by atoms with Gasteiger partial charge in [-0.1, -0.05) is 31.3 Å². The predicted octanol–water partition coefficient (Wildman–Crippen LogP) is 2.09. The average molecular weight is 323 g/mol. The Labute approximate surface area is 135 Å². The smallest absolute Gasteiger partial charge is 0.241 e. The van der Waals surface area contributed by atoms with Crippen LogP contribution in [0.2, 0.25) is 0 Å². The number of anilines is 1. The second kappa shape index (κ2) is 7.24. The van der Waals surface area contributed by atoms with Gasteiger partial charge in [0.1, 0.15) is 4.99 Å². The van der Waals surface area contributed by atoms with Gasteiger partial charge in [0, 0.05) is 29.7 Å². The van der Waals surface area contributed by atoms with E-state index in [1.165, 1.54) is 0 Å². The van der Waals surface area contributed by atoms with Crippen molar-refractivity contribution >= 4 is 40.6 Å². The molecule has 1 aromatic carbocycles. The van der Waals surface area contributed by atoms with Crippen molar-refractivity contribution in [1.82, 2.24) is 4.90 Å². The number of hydrogen-bond acceptors (Lipinski definition) is 4. The minimum Gasteiger partial charge on any atom is -0.389 e. The standard InChI is InChI=1S/C15H21N3OS2/c1-10-9-18(7-8-21-10)11(2)15(19)17-13-6-4-3-5-12(13)14(16)20/h3-6,10-11H,7-9H2,1-2H3,(H2,16,20)(H,17,19). The number of hydrogen-bond donors (Lipinski definition) is 2. The van der Waals surface area contributed by atoms with Crippen molar-refractivity contribution < 1.29 is 4.79 Å². The van der Waals surface area contributed by atoms with Crippen LogP contribution in [0.1, 0.15) is 19.4 Å². The normalized spacial score (nSPS) is 20.8. The Kier molecular flexibility index (Phi) is 5.61. The Bertz CT molecular complexity index is 535. The van der Waals surface area contributed by atoms with Crippen LogP contribution in [0.3, 0.4) is 0 Å².